The summed E-state index contributed by atoms with van der Waals surface area (Å²) in [5, 5.41) is 3.16. The van der Waals surface area contributed by atoms with Crippen LogP contribution in [0.15, 0.2) is 53.5 Å². The number of para-hydroxylation sites is 1. The smallest absolute Gasteiger partial charge is 0.0930 e. The van der Waals surface area contributed by atoms with Gasteiger partial charge in [-0.05, 0) is 37.6 Å². The molecule has 2 rings (SSSR count). The Balaban J connectivity index is 2.03. The van der Waals surface area contributed by atoms with E-state index in [1.165, 1.54) is 11.1 Å². The summed E-state index contributed by atoms with van der Waals surface area (Å²) >= 11 is 0. The minimum atomic E-state index is 0.993. The standard InChI is InChI=1S/C15H16N2/c1-12-7-9-14(10-8-12)16-11-17-15-6-4-3-5-13(15)2/h3-11H,1-2H3,(H,16,17). The van der Waals surface area contributed by atoms with Crippen molar-refractivity contribution in [2.45, 2.75) is 13.8 Å². The highest BCUT2D eigenvalue weighted by Crippen LogP contribution is 2.16. The molecule has 2 nitrogen and oxygen atoms in total. The summed E-state index contributed by atoms with van der Waals surface area (Å²) < 4.78 is 0. The highest BCUT2D eigenvalue weighted by Gasteiger charge is 1.92. The van der Waals surface area contributed by atoms with E-state index in [1.807, 2.05) is 30.3 Å². The number of hydrogen-bond donors (Lipinski definition) is 1. The first-order valence-electron chi connectivity index (χ1n) is 5.67. The summed E-state index contributed by atoms with van der Waals surface area (Å²) in [4.78, 5) is 4.39. The van der Waals surface area contributed by atoms with Gasteiger partial charge in [0.15, 0.2) is 0 Å². The van der Waals surface area contributed by atoms with Gasteiger partial charge in [0, 0.05) is 5.69 Å². The van der Waals surface area contributed by atoms with Crippen molar-refractivity contribution in [1.29, 1.82) is 0 Å². The first-order chi connectivity index (χ1) is 8.25. The van der Waals surface area contributed by atoms with Gasteiger partial charge in [0.05, 0.1) is 12.0 Å². The number of benzene rings is 2. The van der Waals surface area contributed by atoms with Crippen LogP contribution in [0.4, 0.5) is 11.4 Å². The van der Waals surface area contributed by atoms with Crippen LogP contribution in [0.1, 0.15) is 11.1 Å². The van der Waals surface area contributed by atoms with E-state index >= 15 is 0 Å². The van der Waals surface area contributed by atoms with Gasteiger partial charge in [0.2, 0.25) is 0 Å². The first-order valence-corrected chi connectivity index (χ1v) is 5.67. The molecule has 2 aromatic rings. The van der Waals surface area contributed by atoms with Crippen LogP contribution in [0.3, 0.4) is 0 Å². The van der Waals surface area contributed by atoms with Gasteiger partial charge in [0.25, 0.3) is 0 Å². The molecule has 1 N–H and O–H groups in total. The van der Waals surface area contributed by atoms with Gasteiger partial charge < -0.3 is 5.32 Å². The van der Waals surface area contributed by atoms with Gasteiger partial charge in [0.1, 0.15) is 0 Å². The molecular weight excluding hydrogens is 208 g/mol. The number of nitrogens with zero attached hydrogens (tertiary/aromatic N) is 1. The number of aliphatic imine (C=N–C) groups is 1. The fraction of sp³-hybridized carbons (Fsp3) is 0.133. The van der Waals surface area contributed by atoms with Crippen molar-refractivity contribution in [2.75, 3.05) is 5.32 Å². The van der Waals surface area contributed by atoms with Crippen molar-refractivity contribution in [1.82, 2.24) is 0 Å². The average molecular weight is 224 g/mol. The molecule has 17 heavy (non-hydrogen) atoms. The number of nitrogens with one attached hydrogen (secondary N) is 1. The van der Waals surface area contributed by atoms with Crippen molar-refractivity contribution in [3.05, 3.63) is 59.7 Å². The maximum Gasteiger partial charge on any atom is 0.0930 e. The van der Waals surface area contributed by atoms with Gasteiger partial charge in [-0.1, -0.05) is 35.9 Å². The average Bonchev–Trinajstić information content (AvgIpc) is 2.34. The Morgan fingerprint density at radius 2 is 1.65 bits per heavy atom. The number of rotatable bonds is 3. The lowest BCUT2D eigenvalue weighted by molar-refractivity contribution is 1.40. The maximum atomic E-state index is 4.39. The molecular formula is C15H16N2. The Kier molecular flexibility index (Phi) is 3.55. The molecule has 0 amide bonds. The summed E-state index contributed by atoms with van der Waals surface area (Å²) in [6, 6.07) is 16.3. The minimum Gasteiger partial charge on any atom is -0.346 e. The SMILES string of the molecule is Cc1ccc(NC=Nc2ccccc2C)cc1. The van der Waals surface area contributed by atoms with Crippen molar-refractivity contribution in [3.63, 3.8) is 0 Å². The fourth-order valence-electron chi connectivity index (χ4n) is 1.53. The molecule has 0 aromatic heterocycles. The normalized spacial score (nSPS) is 10.7. The molecule has 0 spiro atoms. The van der Waals surface area contributed by atoms with Gasteiger partial charge in [-0.2, -0.15) is 0 Å². The highest BCUT2D eigenvalue weighted by atomic mass is 14.9. The number of hydrogen-bond acceptors (Lipinski definition) is 1. The van der Waals surface area contributed by atoms with Crippen molar-refractivity contribution in [3.8, 4) is 0 Å². The molecule has 0 aliphatic rings. The first kappa shape index (κ1) is 11.4. The lowest BCUT2D eigenvalue weighted by atomic mass is 10.2. The second kappa shape index (κ2) is 5.30. The lowest BCUT2D eigenvalue weighted by Crippen LogP contribution is -1.93. The van der Waals surface area contributed by atoms with Crippen molar-refractivity contribution < 1.29 is 0 Å². The monoisotopic (exact) mass is 224 g/mol. The zero-order chi connectivity index (χ0) is 12.1. The Hall–Kier alpha value is -2.09. The van der Waals surface area contributed by atoms with E-state index in [0.717, 1.165) is 11.4 Å². The van der Waals surface area contributed by atoms with Crippen LogP contribution in [0, 0.1) is 13.8 Å². The quantitative estimate of drug-likeness (QED) is 0.616. The molecule has 0 bridgehead atoms. The fourth-order valence-corrected chi connectivity index (χ4v) is 1.53. The van der Waals surface area contributed by atoms with Crippen LogP contribution in [0.5, 0.6) is 0 Å². The molecule has 0 radical (unpaired) electrons. The van der Waals surface area contributed by atoms with Gasteiger partial charge in [-0.15, -0.1) is 0 Å². The number of aryl methyl sites for hydroxylation is 2. The molecule has 0 aliphatic heterocycles. The second-order valence-electron chi connectivity index (χ2n) is 4.06. The summed E-state index contributed by atoms with van der Waals surface area (Å²) in [7, 11) is 0. The summed E-state index contributed by atoms with van der Waals surface area (Å²) in [5.74, 6) is 0. The van der Waals surface area contributed by atoms with Gasteiger partial charge in [-0.3, -0.25) is 0 Å². The third-order valence-electron chi connectivity index (χ3n) is 2.60. The van der Waals surface area contributed by atoms with E-state index in [-0.39, 0.29) is 0 Å². The van der Waals surface area contributed by atoms with E-state index in [1.54, 1.807) is 6.34 Å². The molecule has 0 unspecified atom stereocenters. The van der Waals surface area contributed by atoms with Crippen LogP contribution in [0.25, 0.3) is 0 Å². The molecule has 0 saturated heterocycles. The van der Waals surface area contributed by atoms with E-state index in [4.69, 9.17) is 0 Å². The zero-order valence-corrected chi connectivity index (χ0v) is 10.1. The van der Waals surface area contributed by atoms with Crippen LogP contribution in [-0.4, -0.2) is 6.34 Å². The van der Waals surface area contributed by atoms with E-state index in [0.29, 0.717) is 0 Å². The maximum absolute atomic E-state index is 4.39. The topological polar surface area (TPSA) is 24.4 Å². The second-order valence-corrected chi connectivity index (χ2v) is 4.06. The molecule has 2 heteroatoms. The summed E-state index contributed by atoms with van der Waals surface area (Å²) in [6.07, 6.45) is 1.73. The van der Waals surface area contributed by atoms with Gasteiger partial charge >= 0.3 is 0 Å². The van der Waals surface area contributed by atoms with E-state index < -0.39 is 0 Å². The van der Waals surface area contributed by atoms with E-state index in [9.17, 15) is 0 Å². The zero-order valence-electron chi connectivity index (χ0n) is 10.1. The van der Waals surface area contributed by atoms with Crippen LogP contribution in [0.2, 0.25) is 0 Å². The molecule has 0 heterocycles. The molecule has 0 fully saturated rings. The molecule has 86 valence electrons. The minimum absolute atomic E-state index is 0.993. The molecule has 0 atom stereocenters. The third kappa shape index (κ3) is 3.18. The third-order valence-corrected chi connectivity index (χ3v) is 2.60. The van der Waals surface area contributed by atoms with Gasteiger partial charge in [-0.25, -0.2) is 4.99 Å². The number of anilines is 1. The largest absolute Gasteiger partial charge is 0.346 e. The van der Waals surface area contributed by atoms with Crippen LogP contribution < -0.4 is 5.32 Å². The van der Waals surface area contributed by atoms with Crippen LogP contribution >= 0.6 is 0 Å². The van der Waals surface area contributed by atoms with E-state index in [2.05, 4.69) is 42.4 Å². The Bertz CT molecular complexity index is 513. The highest BCUT2D eigenvalue weighted by molar-refractivity contribution is 5.78. The summed E-state index contributed by atoms with van der Waals surface area (Å²) in [6.45, 7) is 4.13. The van der Waals surface area contributed by atoms with Crippen molar-refractivity contribution in [2.24, 2.45) is 4.99 Å². The predicted octanol–water partition coefficient (Wildman–Crippen LogP) is 4.08. The Labute approximate surface area is 102 Å². The van der Waals surface area contributed by atoms with Crippen LogP contribution in [-0.2, 0) is 0 Å². The Morgan fingerprint density at radius 1 is 0.941 bits per heavy atom. The van der Waals surface area contributed by atoms with Crippen molar-refractivity contribution >= 4 is 17.7 Å². The Morgan fingerprint density at radius 3 is 2.35 bits per heavy atom. The molecule has 0 saturated carbocycles. The molecule has 2 aromatic carbocycles. The lowest BCUT2D eigenvalue weighted by Gasteiger charge is -2.01. The molecule has 0 aliphatic carbocycles. The summed E-state index contributed by atoms with van der Waals surface area (Å²) in [5.41, 5.74) is 4.47. The predicted molar refractivity (Wildman–Crippen MR) is 74.1 cm³/mol.